The molecule has 2 aromatic heterocycles. The fourth-order valence-corrected chi connectivity index (χ4v) is 5.41. The van der Waals surface area contributed by atoms with Crippen LogP contribution in [0.1, 0.15) is 51.4 Å². The molecule has 0 spiro atoms. The third kappa shape index (κ3) is 4.78. The van der Waals surface area contributed by atoms with Crippen molar-refractivity contribution in [3.8, 4) is 11.5 Å². The Morgan fingerprint density at radius 3 is 2.41 bits per heavy atom. The van der Waals surface area contributed by atoms with Gasteiger partial charge >= 0.3 is 12.0 Å². The molecular formula is C33H31N5O3. The monoisotopic (exact) mass is 545 g/mol. The number of anilines is 1. The number of hydrogen-bond donors (Lipinski definition) is 1. The predicted octanol–water partition coefficient (Wildman–Crippen LogP) is 6.59. The summed E-state index contributed by atoms with van der Waals surface area (Å²) in [6.45, 7) is 6.33. The summed E-state index contributed by atoms with van der Waals surface area (Å²) < 4.78 is 9.32. The normalized spacial score (nSPS) is 14.1. The average Bonchev–Trinajstić information content (AvgIpc) is 3.55. The molecular weight excluding hydrogens is 514 g/mol. The van der Waals surface area contributed by atoms with Crippen LogP contribution in [0, 0.1) is 13.8 Å². The van der Waals surface area contributed by atoms with Crippen molar-refractivity contribution in [2.24, 2.45) is 0 Å². The van der Waals surface area contributed by atoms with Crippen molar-refractivity contribution in [2.75, 3.05) is 11.9 Å². The van der Waals surface area contributed by atoms with Crippen molar-refractivity contribution in [2.45, 2.75) is 33.4 Å². The number of nitrogens with zero attached hydrogens (tertiary/aromatic N) is 4. The summed E-state index contributed by atoms with van der Waals surface area (Å²) in [6, 6.07) is 28.5. The predicted molar refractivity (Wildman–Crippen MR) is 158 cm³/mol. The number of ether oxygens (including phenoxy) is 1. The number of hydrogen-bond acceptors (Lipinski definition) is 4. The van der Waals surface area contributed by atoms with E-state index in [1.807, 2.05) is 72.1 Å². The van der Waals surface area contributed by atoms with Crippen LogP contribution >= 0.6 is 0 Å². The van der Waals surface area contributed by atoms with Crippen molar-refractivity contribution in [3.05, 3.63) is 131 Å². The maximum absolute atomic E-state index is 14.3. The molecule has 3 aromatic carbocycles. The molecule has 1 aliphatic heterocycles. The maximum atomic E-state index is 14.3. The lowest BCUT2D eigenvalue weighted by molar-refractivity contribution is 0.0527. The van der Waals surface area contributed by atoms with E-state index in [9.17, 15) is 9.59 Å². The van der Waals surface area contributed by atoms with E-state index >= 15 is 0 Å². The van der Waals surface area contributed by atoms with Crippen LogP contribution in [0.25, 0.3) is 11.5 Å². The molecule has 1 unspecified atom stereocenters. The molecule has 41 heavy (non-hydrogen) atoms. The van der Waals surface area contributed by atoms with Crippen LogP contribution in [0.4, 0.5) is 10.5 Å². The molecule has 0 bridgehead atoms. The number of benzene rings is 3. The van der Waals surface area contributed by atoms with Crippen LogP contribution in [0.2, 0.25) is 0 Å². The summed E-state index contributed by atoms with van der Waals surface area (Å²) in [4.78, 5) is 28.7. The highest BCUT2D eigenvalue weighted by atomic mass is 16.5. The minimum atomic E-state index is -0.481. The molecule has 0 fully saturated rings. The second kappa shape index (κ2) is 10.8. The molecule has 0 saturated carbocycles. The molecule has 6 rings (SSSR count). The van der Waals surface area contributed by atoms with Crippen molar-refractivity contribution in [3.63, 3.8) is 0 Å². The summed E-state index contributed by atoms with van der Waals surface area (Å²) in [5.41, 5.74) is 6.45. The van der Waals surface area contributed by atoms with Gasteiger partial charge in [-0.25, -0.2) is 14.3 Å². The molecule has 206 valence electrons. The summed E-state index contributed by atoms with van der Waals surface area (Å²) in [6.07, 6.45) is 2.02. The van der Waals surface area contributed by atoms with E-state index < -0.39 is 12.0 Å². The van der Waals surface area contributed by atoms with Crippen LogP contribution in [-0.4, -0.2) is 37.9 Å². The Kier molecular flexibility index (Phi) is 6.89. The SMILES string of the molecule is CCOC(=O)c1ccccc1NC(=O)N1Cc2c(C)nn(-c3ccccc3)c2-n2cccc2C1c1ccc(C)cc1. The number of aryl methyl sites for hydroxylation is 2. The Labute approximate surface area is 238 Å². The third-order valence-electron chi connectivity index (χ3n) is 7.40. The number of aromatic nitrogens is 3. The maximum Gasteiger partial charge on any atom is 0.340 e. The molecule has 2 amide bonds. The Morgan fingerprint density at radius 2 is 1.66 bits per heavy atom. The highest BCUT2D eigenvalue weighted by molar-refractivity contribution is 6.01. The number of para-hydroxylation sites is 2. The lowest BCUT2D eigenvalue weighted by Crippen LogP contribution is -2.38. The average molecular weight is 546 g/mol. The molecule has 5 aromatic rings. The van der Waals surface area contributed by atoms with E-state index in [4.69, 9.17) is 9.84 Å². The van der Waals surface area contributed by atoms with Crippen LogP contribution in [0.3, 0.4) is 0 Å². The second-order valence-electron chi connectivity index (χ2n) is 10.1. The van der Waals surface area contributed by atoms with E-state index in [0.717, 1.165) is 39.6 Å². The molecule has 8 nitrogen and oxygen atoms in total. The number of fused-ring (bicyclic) bond motifs is 3. The van der Waals surface area contributed by atoms with Gasteiger partial charge in [0.15, 0.2) is 0 Å². The topological polar surface area (TPSA) is 81.4 Å². The number of amides is 2. The standard InChI is InChI=1S/C33H31N5O3/c1-4-41-32(39)26-13-8-9-14-28(26)34-33(40)37-21-27-23(3)35-38(25-11-6-5-7-12-25)31(27)36-20-10-15-29(36)30(37)24-18-16-22(2)17-19-24/h5-20,30H,4,21H2,1-3H3,(H,34,40). The van der Waals surface area contributed by atoms with Gasteiger partial charge in [-0.3, -0.25) is 0 Å². The highest BCUT2D eigenvalue weighted by Crippen LogP contribution is 2.39. The number of urea groups is 1. The van der Waals surface area contributed by atoms with E-state index in [1.54, 1.807) is 31.2 Å². The first-order chi connectivity index (χ1) is 20.0. The molecule has 3 heterocycles. The van der Waals surface area contributed by atoms with Gasteiger partial charge in [-0.15, -0.1) is 0 Å². The second-order valence-corrected chi connectivity index (χ2v) is 10.1. The minimum absolute atomic E-state index is 0.243. The Balaban J connectivity index is 1.50. The quantitative estimate of drug-likeness (QED) is 0.253. The summed E-state index contributed by atoms with van der Waals surface area (Å²) >= 11 is 0. The number of carbonyl (C=O) groups excluding carboxylic acids is 2. The van der Waals surface area contributed by atoms with E-state index in [1.165, 1.54) is 0 Å². The lowest BCUT2D eigenvalue weighted by atomic mass is 10.0. The Bertz CT molecular complexity index is 1720. The molecule has 1 atom stereocenters. The molecule has 0 aliphatic carbocycles. The summed E-state index contributed by atoms with van der Waals surface area (Å²) in [7, 11) is 0. The van der Waals surface area contributed by atoms with Crippen LogP contribution in [0.5, 0.6) is 0 Å². The van der Waals surface area contributed by atoms with Gasteiger partial charge in [-0.2, -0.15) is 5.10 Å². The first kappa shape index (κ1) is 26.1. The lowest BCUT2D eigenvalue weighted by Gasteiger charge is -2.31. The van der Waals surface area contributed by atoms with Crippen LogP contribution in [0.15, 0.2) is 97.2 Å². The zero-order valence-electron chi connectivity index (χ0n) is 23.2. The van der Waals surface area contributed by atoms with Gasteiger partial charge in [0.1, 0.15) is 5.82 Å². The van der Waals surface area contributed by atoms with Gasteiger partial charge in [0, 0.05) is 11.8 Å². The molecule has 8 heteroatoms. The van der Waals surface area contributed by atoms with Gasteiger partial charge in [0.2, 0.25) is 0 Å². The van der Waals surface area contributed by atoms with Crippen molar-refractivity contribution < 1.29 is 14.3 Å². The van der Waals surface area contributed by atoms with Gasteiger partial charge in [-0.05, 0) is 62.7 Å². The van der Waals surface area contributed by atoms with E-state index in [0.29, 0.717) is 17.8 Å². The first-order valence-electron chi connectivity index (χ1n) is 13.7. The van der Waals surface area contributed by atoms with Gasteiger partial charge in [-0.1, -0.05) is 60.2 Å². The molecule has 1 aliphatic rings. The summed E-state index contributed by atoms with van der Waals surface area (Å²) in [5, 5.41) is 7.92. The van der Waals surface area contributed by atoms with Gasteiger partial charge in [0.05, 0.1) is 47.5 Å². The molecule has 1 N–H and O–H groups in total. The smallest absolute Gasteiger partial charge is 0.340 e. The number of carbonyl (C=O) groups is 2. The molecule has 0 saturated heterocycles. The fraction of sp³-hybridized carbons (Fsp3) is 0.182. The highest BCUT2D eigenvalue weighted by Gasteiger charge is 2.36. The Morgan fingerprint density at radius 1 is 0.927 bits per heavy atom. The van der Waals surface area contributed by atoms with Gasteiger partial charge < -0.3 is 19.5 Å². The van der Waals surface area contributed by atoms with Crippen molar-refractivity contribution >= 4 is 17.7 Å². The van der Waals surface area contributed by atoms with Gasteiger partial charge in [0.25, 0.3) is 0 Å². The zero-order valence-corrected chi connectivity index (χ0v) is 23.2. The first-order valence-corrected chi connectivity index (χ1v) is 13.7. The largest absolute Gasteiger partial charge is 0.462 e. The van der Waals surface area contributed by atoms with Crippen LogP contribution < -0.4 is 5.32 Å². The zero-order chi connectivity index (χ0) is 28.5. The number of nitrogens with one attached hydrogen (secondary N) is 1. The van der Waals surface area contributed by atoms with Crippen molar-refractivity contribution in [1.82, 2.24) is 19.2 Å². The number of rotatable bonds is 5. The third-order valence-corrected chi connectivity index (χ3v) is 7.40. The van der Waals surface area contributed by atoms with Crippen LogP contribution in [-0.2, 0) is 11.3 Å². The van der Waals surface area contributed by atoms with E-state index in [2.05, 4.69) is 34.1 Å². The summed E-state index contributed by atoms with van der Waals surface area (Å²) in [5.74, 6) is 0.415. The molecule has 0 radical (unpaired) electrons. The minimum Gasteiger partial charge on any atom is -0.462 e. The number of esters is 1. The Hall–Kier alpha value is -5.11. The van der Waals surface area contributed by atoms with Crippen molar-refractivity contribution in [1.29, 1.82) is 0 Å². The fourth-order valence-electron chi connectivity index (χ4n) is 5.41. The van der Waals surface area contributed by atoms with E-state index in [-0.39, 0.29) is 12.6 Å².